The molecule has 5 heteroatoms. The van der Waals surface area contributed by atoms with Crippen LogP contribution in [0.4, 0.5) is 5.13 Å². The molecule has 1 aromatic carbocycles. The van der Waals surface area contributed by atoms with E-state index in [2.05, 4.69) is 28.2 Å². The zero-order valence-corrected chi connectivity index (χ0v) is 13.6. The lowest BCUT2D eigenvalue weighted by Gasteiger charge is -2.13. The summed E-state index contributed by atoms with van der Waals surface area (Å²) < 4.78 is 6.73. The van der Waals surface area contributed by atoms with Crippen LogP contribution in [0.2, 0.25) is 0 Å². The summed E-state index contributed by atoms with van der Waals surface area (Å²) in [5, 5.41) is 4.53. The number of rotatable bonds is 6. The molecule has 21 heavy (non-hydrogen) atoms. The molecule has 1 fully saturated rings. The summed E-state index contributed by atoms with van der Waals surface area (Å²) in [5.74, 6) is 1.67. The third-order valence-electron chi connectivity index (χ3n) is 4.03. The van der Waals surface area contributed by atoms with Crippen LogP contribution in [0.5, 0.6) is 5.75 Å². The van der Waals surface area contributed by atoms with Gasteiger partial charge in [-0.25, -0.2) is 4.98 Å². The molecule has 0 radical (unpaired) electrons. The number of thiazole rings is 1. The van der Waals surface area contributed by atoms with Gasteiger partial charge in [0.05, 0.1) is 16.8 Å². The maximum Gasteiger partial charge on any atom is 0.183 e. The molecule has 0 amide bonds. The van der Waals surface area contributed by atoms with E-state index in [-0.39, 0.29) is 0 Å². The first-order valence-corrected chi connectivity index (χ1v) is 8.59. The first-order chi connectivity index (χ1) is 10.3. The summed E-state index contributed by atoms with van der Waals surface area (Å²) in [6, 6.07) is 6.11. The molecule has 1 aliphatic heterocycles. The van der Waals surface area contributed by atoms with E-state index in [1.165, 1.54) is 24.2 Å². The summed E-state index contributed by atoms with van der Waals surface area (Å²) in [6.45, 7) is 9.57. The Morgan fingerprint density at radius 2 is 2.33 bits per heavy atom. The van der Waals surface area contributed by atoms with Crippen LogP contribution in [0.15, 0.2) is 18.2 Å². The van der Waals surface area contributed by atoms with Crippen molar-refractivity contribution in [3.05, 3.63) is 18.2 Å². The molecule has 1 N–H and O–H groups in total. The number of nitrogens with zero attached hydrogens (tertiary/aromatic N) is 2. The van der Waals surface area contributed by atoms with Gasteiger partial charge in [0.2, 0.25) is 0 Å². The fourth-order valence-electron chi connectivity index (χ4n) is 2.84. The number of likely N-dealkylation sites (tertiary alicyclic amines) is 1. The largest absolute Gasteiger partial charge is 0.494 e. The Kier molecular flexibility index (Phi) is 4.60. The summed E-state index contributed by atoms with van der Waals surface area (Å²) in [5.41, 5.74) is 1.05. The average Bonchev–Trinajstić information content (AvgIpc) is 3.11. The van der Waals surface area contributed by atoms with Gasteiger partial charge >= 0.3 is 0 Å². The number of hydrogen-bond donors (Lipinski definition) is 1. The van der Waals surface area contributed by atoms with Crippen LogP contribution in [0, 0.1) is 5.92 Å². The van der Waals surface area contributed by atoms with Crippen molar-refractivity contribution < 1.29 is 4.74 Å². The molecule has 1 atom stereocenters. The van der Waals surface area contributed by atoms with Crippen LogP contribution >= 0.6 is 11.3 Å². The lowest BCUT2D eigenvalue weighted by molar-refractivity contribution is 0.341. The number of anilines is 1. The molecule has 3 rings (SSSR count). The van der Waals surface area contributed by atoms with E-state index in [9.17, 15) is 0 Å². The number of ether oxygens (including phenoxy) is 1. The monoisotopic (exact) mass is 305 g/mol. The number of fused-ring (bicyclic) bond motifs is 1. The molecular weight excluding hydrogens is 282 g/mol. The van der Waals surface area contributed by atoms with Gasteiger partial charge < -0.3 is 15.0 Å². The molecule has 1 aromatic heterocycles. The maximum absolute atomic E-state index is 5.54. The standard InChI is InChI=1S/C16H23N3OS/c1-3-19-8-7-12(11-19)10-17-16-18-14-6-5-13(20-4-2)9-15(14)21-16/h5-6,9,12H,3-4,7-8,10-11H2,1-2H3,(H,17,18). The van der Waals surface area contributed by atoms with Gasteiger partial charge in [0.25, 0.3) is 0 Å². The van der Waals surface area contributed by atoms with Gasteiger partial charge in [-0.2, -0.15) is 0 Å². The van der Waals surface area contributed by atoms with Crippen LogP contribution in [0.1, 0.15) is 20.3 Å². The van der Waals surface area contributed by atoms with Crippen molar-refractivity contribution in [2.75, 3.05) is 38.1 Å². The lowest BCUT2D eigenvalue weighted by atomic mass is 10.1. The van der Waals surface area contributed by atoms with E-state index in [0.717, 1.165) is 35.4 Å². The summed E-state index contributed by atoms with van der Waals surface area (Å²) in [7, 11) is 0. The fraction of sp³-hybridized carbons (Fsp3) is 0.562. The van der Waals surface area contributed by atoms with Crippen LogP contribution in [0.3, 0.4) is 0 Å². The predicted octanol–water partition coefficient (Wildman–Crippen LogP) is 3.45. The highest BCUT2D eigenvalue weighted by atomic mass is 32.1. The molecule has 0 saturated carbocycles. The molecule has 0 aliphatic carbocycles. The highest BCUT2D eigenvalue weighted by Gasteiger charge is 2.21. The average molecular weight is 305 g/mol. The van der Waals surface area contributed by atoms with Gasteiger partial charge in [-0.15, -0.1) is 0 Å². The van der Waals surface area contributed by atoms with Crippen molar-refractivity contribution in [1.29, 1.82) is 0 Å². The first kappa shape index (κ1) is 14.6. The maximum atomic E-state index is 5.54. The smallest absolute Gasteiger partial charge is 0.183 e. The van der Waals surface area contributed by atoms with E-state index in [0.29, 0.717) is 6.61 Å². The molecule has 1 saturated heterocycles. The zero-order valence-electron chi connectivity index (χ0n) is 12.8. The van der Waals surface area contributed by atoms with Gasteiger partial charge in [-0.05, 0) is 50.6 Å². The molecule has 2 heterocycles. The van der Waals surface area contributed by atoms with Crippen LogP contribution < -0.4 is 10.1 Å². The quantitative estimate of drug-likeness (QED) is 0.887. The van der Waals surface area contributed by atoms with E-state index in [1.807, 2.05) is 19.1 Å². The Bertz CT molecular complexity index is 598. The highest BCUT2D eigenvalue weighted by molar-refractivity contribution is 7.22. The lowest BCUT2D eigenvalue weighted by Crippen LogP contribution is -2.22. The molecule has 0 spiro atoms. The van der Waals surface area contributed by atoms with Gasteiger partial charge in [0, 0.05) is 13.1 Å². The number of nitrogens with one attached hydrogen (secondary N) is 1. The topological polar surface area (TPSA) is 37.4 Å². The normalized spacial score (nSPS) is 19.2. The number of hydrogen-bond acceptors (Lipinski definition) is 5. The van der Waals surface area contributed by atoms with Gasteiger partial charge in [0.15, 0.2) is 5.13 Å². The van der Waals surface area contributed by atoms with Gasteiger partial charge in [-0.1, -0.05) is 18.3 Å². The van der Waals surface area contributed by atoms with Gasteiger partial charge in [-0.3, -0.25) is 0 Å². The Labute approximate surface area is 130 Å². The zero-order chi connectivity index (χ0) is 14.7. The third-order valence-corrected chi connectivity index (χ3v) is 5.01. The summed E-state index contributed by atoms with van der Waals surface area (Å²) >= 11 is 1.71. The van der Waals surface area contributed by atoms with Crippen molar-refractivity contribution in [3.63, 3.8) is 0 Å². The molecule has 0 bridgehead atoms. The minimum Gasteiger partial charge on any atom is -0.494 e. The minimum atomic E-state index is 0.699. The highest BCUT2D eigenvalue weighted by Crippen LogP contribution is 2.29. The van der Waals surface area contributed by atoms with E-state index in [1.54, 1.807) is 11.3 Å². The number of aromatic nitrogens is 1. The Balaban J connectivity index is 1.62. The molecule has 1 aliphatic rings. The molecule has 1 unspecified atom stereocenters. The second-order valence-electron chi connectivity index (χ2n) is 5.51. The molecular formula is C16H23N3OS. The van der Waals surface area contributed by atoms with Crippen molar-refractivity contribution in [2.24, 2.45) is 5.92 Å². The van der Waals surface area contributed by atoms with Crippen LogP contribution in [-0.4, -0.2) is 42.7 Å². The third kappa shape index (κ3) is 3.47. The Morgan fingerprint density at radius 1 is 1.43 bits per heavy atom. The van der Waals surface area contributed by atoms with Crippen molar-refractivity contribution in [2.45, 2.75) is 20.3 Å². The summed E-state index contributed by atoms with van der Waals surface area (Å²) in [6.07, 6.45) is 1.29. The van der Waals surface area contributed by atoms with E-state index >= 15 is 0 Å². The molecule has 2 aromatic rings. The number of benzene rings is 1. The molecule has 114 valence electrons. The van der Waals surface area contributed by atoms with E-state index < -0.39 is 0 Å². The van der Waals surface area contributed by atoms with Crippen molar-refractivity contribution in [3.8, 4) is 5.75 Å². The van der Waals surface area contributed by atoms with Crippen molar-refractivity contribution >= 4 is 26.7 Å². The first-order valence-electron chi connectivity index (χ1n) is 7.78. The second-order valence-corrected chi connectivity index (χ2v) is 6.54. The van der Waals surface area contributed by atoms with Crippen LogP contribution in [-0.2, 0) is 0 Å². The van der Waals surface area contributed by atoms with Crippen molar-refractivity contribution in [1.82, 2.24) is 9.88 Å². The summed E-state index contributed by atoms with van der Waals surface area (Å²) in [4.78, 5) is 7.17. The molecule has 4 nitrogen and oxygen atoms in total. The predicted molar refractivity (Wildman–Crippen MR) is 89.5 cm³/mol. The Morgan fingerprint density at radius 3 is 3.10 bits per heavy atom. The van der Waals surface area contributed by atoms with Crippen LogP contribution in [0.25, 0.3) is 10.2 Å². The minimum absolute atomic E-state index is 0.699. The SMILES string of the molecule is CCOc1ccc2nc(NCC3CCN(CC)C3)sc2c1. The van der Waals surface area contributed by atoms with Gasteiger partial charge in [0.1, 0.15) is 5.75 Å². The second kappa shape index (κ2) is 6.62. The Hall–Kier alpha value is -1.33. The fourth-order valence-corrected chi connectivity index (χ4v) is 3.74. The van der Waals surface area contributed by atoms with E-state index in [4.69, 9.17) is 4.74 Å².